The number of carbonyl (C=O) groups is 4. The lowest BCUT2D eigenvalue weighted by atomic mass is 9.83. The van der Waals surface area contributed by atoms with Crippen LogP contribution in [0.15, 0.2) is 84.9 Å². The summed E-state index contributed by atoms with van der Waals surface area (Å²) in [7, 11) is 3.22. The maximum absolute atomic E-state index is 12.3. The first-order chi connectivity index (χ1) is 32.8. The van der Waals surface area contributed by atoms with Gasteiger partial charge in [0.25, 0.3) is 0 Å². The van der Waals surface area contributed by atoms with E-state index in [0.29, 0.717) is 51.6 Å². The van der Waals surface area contributed by atoms with E-state index in [4.69, 9.17) is 52.1 Å². The summed E-state index contributed by atoms with van der Waals surface area (Å²) in [6, 6.07) is 26.1. The van der Waals surface area contributed by atoms with E-state index in [2.05, 4.69) is 47.4 Å². The van der Waals surface area contributed by atoms with Crippen LogP contribution in [0.2, 0.25) is 0 Å². The standard InChI is InChI=1S/C51H61NO15/c1-57-27-28-60-29-32-63-47(53)9-5-6-10-48(54)64-33-30-61-31-34-65-49(55)19-20-50(56)66-36-35-62-41-17-13-39(14-18-41)51(38-11-15-40(58-2)16-12-38)22-21-44-42-7-3-4-8-43(42)45(37-46(44)67-51)52-23-25-59-26-24-52/h3-4,7-8,11-18,21-22,37H,5-6,9-10,19-20,23-36H2,1-2H3. The number of methoxy groups -OCH3 is 2. The molecule has 0 spiro atoms. The van der Waals surface area contributed by atoms with Gasteiger partial charge in [-0.2, -0.15) is 0 Å². The lowest BCUT2D eigenvalue weighted by Gasteiger charge is -2.38. The first kappa shape index (κ1) is 50.2. The van der Waals surface area contributed by atoms with Crippen molar-refractivity contribution >= 4 is 46.4 Å². The molecule has 16 nitrogen and oxygen atoms in total. The van der Waals surface area contributed by atoms with Gasteiger partial charge in [-0.3, -0.25) is 19.2 Å². The van der Waals surface area contributed by atoms with E-state index in [-0.39, 0.29) is 77.9 Å². The Bertz CT molecular complexity index is 2220. The van der Waals surface area contributed by atoms with Crippen LogP contribution >= 0.6 is 0 Å². The molecule has 0 aromatic heterocycles. The van der Waals surface area contributed by atoms with Crippen LogP contribution in [0.4, 0.5) is 5.69 Å². The number of benzene rings is 4. The average Bonchev–Trinajstić information content (AvgIpc) is 3.36. The van der Waals surface area contributed by atoms with Crippen molar-refractivity contribution in [2.24, 2.45) is 0 Å². The van der Waals surface area contributed by atoms with Crippen LogP contribution in [-0.2, 0) is 62.7 Å². The van der Waals surface area contributed by atoms with E-state index in [1.807, 2.05) is 48.5 Å². The van der Waals surface area contributed by atoms with Gasteiger partial charge in [-0.1, -0.05) is 48.5 Å². The second-order valence-electron chi connectivity index (χ2n) is 15.5. The lowest BCUT2D eigenvalue weighted by molar-refractivity contribution is -0.152. The van der Waals surface area contributed by atoms with E-state index in [0.717, 1.165) is 57.7 Å². The molecule has 0 saturated carbocycles. The topological polar surface area (TPSA) is 173 Å². The summed E-state index contributed by atoms with van der Waals surface area (Å²) in [6.07, 6.45) is 5.30. The van der Waals surface area contributed by atoms with Crippen molar-refractivity contribution < 1.29 is 71.3 Å². The number of anilines is 1. The third-order valence-electron chi connectivity index (χ3n) is 11.0. The van der Waals surface area contributed by atoms with E-state index in [1.165, 1.54) is 0 Å². The molecule has 0 amide bonds. The fourth-order valence-corrected chi connectivity index (χ4v) is 7.53. The van der Waals surface area contributed by atoms with Crippen molar-refractivity contribution in [3.8, 4) is 17.2 Å². The van der Waals surface area contributed by atoms with Crippen molar-refractivity contribution in [2.45, 2.75) is 44.1 Å². The van der Waals surface area contributed by atoms with Crippen LogP contribution in [0, 0.1) is 0 Å². The van der Waals surface area contributed by atoms with E-state index in [9.17, 15) is 19.2 Å². The van der Waals surface area contributed by atoms with Crippen molar-refractivity contribution in [3.05, 3.63) is 102 Å². The van der Waals surface area contributed by atoms with Crippen LogP contribution in [0.1, 0.15) is 55.2 Å². The number of hydrogen-bond donors (Lipinski definition) is 0. The SMILES string of the molecule is COCCOCCOC(=O)CCCCC(=O)OCCOCCOC(=O)CCC(=O)OCCOc1ccc(C2(c3ccc(OC)cc3)C=Cc3c(cc(N4CCOCC4)c4ccccc34)O2)cc1. The zero-order chi connectivity index (χ0) is 47.1. The van der Waals surface area contributed by atoms with Gasteiger partial charge in [-0.25, -0.2) is 0 Å². The smallest absolute Gasteiger partial charge is 0.306 e. The van der Waals surface area contributed by atoms with Gasteiger partial charge >= 0.3 is 23.9 Å². The molecule has 4 aromatic rings. The number of carbonyl (C=O) groups excluding carboxylic acids is 4. The molecule has 67 heavy (non-hydrogen) atoms. The highest BCUT2D eigenvalue weighted by Crippen LogP contribution is 2.47. The number of fused-ring (bicyclic) bond motifs is 3. The van der Waals surface area contributed by atoms with Crippen LogP contribution in [0.5, 0.6) is 17.2 Å². The maximum atomic E-state index is 12.3. The Kier molecular flexibility index (Phi) is 20.1. The molecule has 2 aliphatic rings. The number of rotatable bonds is 28. The quantitative estimate of drug-likeness (QED) is 0.0338. The third-order valence-corrected chi connectivity index (χ3v) is 11.0. The summed E-state index contributed by atoms with van der Waals surface area (Å²) >= 11 is 0. The number of morpholine rings is 1. The number of hydrogen-bond acceptors (Lipinski definition) is 16. The van der Waals surface area contributed by atoms with Gasteiger partial charge < -0.3 is 57.0 Å². The fraction of sp³-hybridized carbons (Fsp3) is 0.451. The first-order valence-corrected chi connectivity index (χ1v) is 22.7. The summed E-state index contributed by atoms with van der Waals surface area (Å²) in [5.74, 6) is 0.225. The Labute approximate surface area is 391 Å². The highest BCUT2D eigenvalue weighted by atomic mass is 16.6. The van der Waals surface area contributed by atoms with Crippen molar-refractivity contribution in [2.75, 3.05) is 111 Å². The monoisotopic (exact) mass is 927 g/mol. The second-order valence-corrected chi connectivity index (χ2v) is 15.5. The Hall–Kier alpha value is -6.20. The molecule has 1 fully saturated rings. The minimum Gasteiger partial charge on any atom is -0.497 e. The van der Waals surface area contributed by atoms with Crippen LogP contribution in [0.25, 0.3) is 16.8 Å². The largest absolute Gasteiger partial charge is 0.497 e. The van der Waals surface area contributed by atoms with Gasteiger partial charge in [-0.15, -0.1) is 0 Å². The predicted molar refractivity (Wildman–Crippen MR) is 247 cm³/mol. The molecule has 2 aliphatic heterocycles. The van der Waals surface area contributed by atoms with Crippen LogP contribution in [0.3, 0.4) is 0 Å². The van der Waals surface area contributed by atoms with E-state index >= 15 is 0 Å². The molecule has 1 unspecified atom stereocenters. The molecule has 1 saturated heterocycles. The van der Waals surface area contributed by atoms with Crippen LogP contribution in [-0.4, -0.2) is 130 Å². The molecule has 0 bridgehead atoms. The highest BCUT2D eigenvalue weighted by Gasteiger charge is 2.38. The zero-order valence-corrected chi connectivity index (χ0v) is 38.4. The Morgan fingerprint density at radius 1 is 0.582 bits per heavy atom. The summed E-state index contributed by atoms with van der Waals surface area (Å²) in [6.45, 7) is 4.65. The molecular formula is C51H61NO15. The molecule has 0 aliphatic carbocycles. The maximum Gasteiger partial charge on any atom is 0.306 e. The van der Waals surface area contributed by atoms with Gasteiger partial charge in [0.1, 0.15) is 50.3 Å². The predicted octanol–water partition coefficient (Wildman–Crippen LogP) is 6.61. The number of unbranched alkanes of at least 4 members (excludes halogenated alkanes) is 1. The number of nitrogens with zero attached hydrogens (tertiary/aromatic N) is 1. The third kappa shape index (κ3) is 15.2. The highest BCUT2D eigenvalue weighted by molar-refractivity contribution is 6.02. The van der Waals surface area contributed by atoms with Gasteiger partial charge in [-0.05, 0) is 54.6 Å². The minimum absolute atomic E-state index is 0.00690. The summed E-state index contributed by atoms with van der Waals surface area (Å²) in [5, 5.41) is 2.28. The average molecular weight is 928 g/mol. The molecule has 0 radical (unpaired) electrons. The second kappa shape index (κ2) is 26.8. The van der Waals surface area contributed by atoms with E-state index < -0.39 is 23.5 Å². The fourth-order valence-electron chi connectivity index (χ4n) is 7.53. The van der Waals surface area contributed by atoms with Crippen molar-refractivity contribution in [1.29, 1.82) is 0 Å². The molecule has 0 N–H and O–H groups in total. The molecule has 360 valence electrons. The number of ether oxygens (including phenoxy) is 11. The van der Waals surface area contributed by atoms with E-state index in [1.54, 1.807) is 14.2 Å². The summed E-state index contributed by atoms with van der Waals surface area (Å²) in [4.78, 5) is 50.5. The first-order valence-electron chi connectivity index (χ1n) is 22.7. The summed E-state index contributed by atoms with van der Waals surface area (Å²) in [5.41, 5.74) is 2.97. The van der Waals surface area contributed by atoms with Gasteiger partial charge in [0.2, 0.25) is 0 Å². The molecular weight excluding hydrogens is 867 g/mol. The normalized spacial score (nSPS) is 15.3. The molecule has 4 aromatic carbocycles. The minimum atomic E-state index is -0.965. The van der Waals surface area contributed by atoms with Crippen molar-refractivity contribution in [3.63, 3.8) is 0 Å². The Morgan fingerprint density at radius 3 is 1.64 bits per heavy atom. The van der Waals surface area contributed by atoms with Gasteiger partial charge in [0, 0.05) is 66.9 Å². The zero-order valence-electron chi connectivity index (χ0n) is 38.4. The number of esters is 4. The molecule has 1 atom stereocenters. The van der Waals surface area contributed by atoms with Gasteiger partial charge in [0.05, 0.1) is 66.2 Å². The summed E-state index contributed by atoms with van der Waals surface area (Å²) < 4.78 is 60.2. The van der Waals surface area contributed by atoms with Crippen molar-refractivity contribution in [1.82, 2.24) is 0 Å². The van der Waals surface area contributed by atoms with Gasteiger partial charge in [0.15, 0.2) is 5.60 Å². The Balaban J connectivity index is 0.874. The van der Waals surface area contributed by atoms with Crippen LogP contribution < -0.4 is 19.1 Å². The lowest BCUT2D eigenvalue weighted by Crippen LogP contribution is -2.37. The molecule has 16 heteroatoms. The molecule has 6 rings (SSSR count). The molecule has 2 heterocycles. The Morgan fingerprint density at radius 2 is 1.09 bits per heavy atom.